The van der Waals surface area contributed by atoms with Gasteiger partial charge in [0.15, 0.2) is 0 Å². The summed E-state index contributed by atoms with van der Waals surface area (Å²) in [4.78, 5) is 34.6. The molecule has 0 radical (unpaired) electrons. The van der Waals surface area contributed by atoms with Gasteiger partial charge >= 0.3 is 0 Å². The molecule has 0 unspecified atom stereocenters. The lowest BCUT2D eigenvalue weighted by molar-refractivity contribution is 0.0787. The minimum Gasteiger partial charge on any atom is -0.334 e. The number of carbonyl (C=O) groups excluding carboxylic acids is 1. The third-order valence-electron chi connectivity index (χ3n) is 4.32. The van der Waals surface area contributed by atoms with Crippen LogP contribution in [0, 0.1) is 6.92 Å². The van der Waals surface area contributed by atoms with E-state index in [0.29, 0.717) is 20.9 Å². The van der Waals surface area contributed by atoms with Crippen LogP contribution in [0.4, 0.5) is 0 Å². The summed E-state index contributed by atoms with van der Waals surface area (Å²) in [6.07, 6.45) is 0. The number of aromatic nitrogens is 2. The number of fused-ring (bicyclic) bond motifs is 1. The van der Waals surface area contributed by atoms with E-state index in [4.69, 9.17) is 0 Å². The van der Waals surface area contributed by atoms with Crippen molar-refractivity contribution in [2.45, 2.75) is 13.5 Å². The van der Waals surface area contributed by atoms with E-state index in [9.17, 15) is 9.59 Å². The molecule has 27 heavy (non-hydrogen) atoms. The third-order valence-corrected chi connectivity index (χ3v) is 6.12. The van der Waals surface area contributed by atoms with Crippen LogP contribution in [0.15, 0.2) is 52.0 Å². The van der Waals surface area contributed by atoms with E-state index in [2.05, 4.69) is 9.97 Å². The summed E-state index contributed by atoms with van der Waals surface area (Å²) in [7, 11) is 1.72. The molecule has 4 aromatic rings. The summed E-state index contributed by atoms with van der Waals surface area (Å²) < 4.78 is 0.604. The fraction of sp³-hybridized carbons (Fsp3) is 0.150. The highest BCUT2D eigenvalue weighted by atomic mass is 32.1. The first-order valence-electron chi connectivity index (χ1n) is 8.39. The highest BCUT2D eigenvalue weighted by Gasteiger charge is 2.19. The summed E-state index contributed by atoms with van der Waals surface area (Å²) in [6, 6.07) is 11.9. The molecule has 0 fully saturated rings. The first kappa shape index (κ1) is 17.6. The molecule has 0 bridgehead atoms. The Balaban J connectivity index is 1.60. The number of benzene rings is 1. The van der Waals surface area contributed by atoms with Gasteiger partial charge in [0.1, 0.15) is 10.5 Å². The van der Waals surface area contributed by atoms with Crippen molar-refractivity contribution in [1.82, 2.24) is 14.9 Å². The van der Waals surface area contributed by atoms with Crippen LogP contribution in [0.3, 0.4) is 0 Å². The average Bonchev–Trinajstić information content (AvgIpc) is 3.31. The number of hydrogen-bond donors (Lipinski definition) is 1. The van der Waals surface area contributed by atoms with E-state index in [1.807, 2.05) is 54.1 Å². The largest absolute Gasteiger partial charge is 0.334 e. The summed E-state index contributed by atoms with van der Waals surface area (Å²) in [5.74, 6) is 0.392. The zero-order valence-electron chi connectivity index (χ0n) is 14.9. The molecule has 0 aliphatic heterocycles. The van der Waals surface area contributed by atoms with Crippen molar-refractivity contribution in [2.24, 2.45) is 0 Å². The standard InChI is InChI=1S/C20H17N3O2S2/c1-12-3-5-13(6-4-12)14-7-9-26-17(14)20(25)23(2)11-16-21-15-8-10-27-18(15)19(24)22-16/h3-10H,11H2,1-2H3,(H,21,22,24). The predicted molar refractivity (Wildman–Crippen MR) is 111 cm³/mol. The summed E-state index contributed by atoms with van der Waals surface area (Å²) in [5, 5.41) is 3.76. The van der Waals surface area contributed by atoms with Gasteiger partial charge in [-0.1, -0.05) is 29.8 Å². The van der Waals surface area contributed by atoms with Crippen LogP contribution in [0.25, 0.3) is 21.3 Å². The number of hydrogen-bond acceptors (Lipinski definition) is 5. The maximum atomic E-state index is 13.0. The molecule has 7 heteroatoms. The van der Waals surface area contributed by atoms with Crippen LogP contribution in [-0.2, 0) is 6.54 Å². The molecule has 1 aromatic carbocycles. The lowest BCUT2D eigenvalue weighted by atomic mass is 10.0. The number of rotatable bonds is 4. The summed E-state index contributed by atoms with van der Waals surface area (Å²) >= 11 is 2.78. The topological polar surface area (TPSA) is 66.1 Å². The molecule has 3 aromatic heterocycles. The summed E-state index contributed by atoms with van der Waals surface area (Å²) in [5.41, 5.74) is 3.62. The van der Waals surface area contributed by atoms with E-state index in [1.54, 1.807) is 11.9 Å². The van der Waals surface area contributed by atoms with E-state index in [1.165, 1.54) is 28.2 Å². The smallest absolute Gasteiger partial charge is 0.268 e. The molecule has 5 nitrogen and oxygen atoms in total. The fourth-order valence-electron chi connectivity index (χ4n) is 2.90. The van der Waals surface area contributed by atoms with Gasteiger partial charge in [0.2, 0.25) is 0 Å². The highest BCUT2D eigenvalue weighted by Crippen LogP contribution is 2.29. The second-order valence-corrected chi connectivity index (χ2v) is 8.17. The Hall–Kier alpha value is -2.77. The Kier molecular flexibility index (Phi) is 4.63. The maximum absolute atomic E-state index is 13.0. The van der Waals surface area contributed by atoms with Crippen LogP contribution in [0.5, 0.6) is 0 Å². The SMILES string of the molecule is Cc1ccc(-c2ccsc2C(=O)N(C)Cc2nc3ccsc3c(=O)[nH]2)cc1. The van der Waals surface area contributed by atoms with Crippen LogP contribution in [0.2, 0.25) is 0 Å². The van der Waals surface area contributed by atoms with Gasteiger partial charge in [-0.25, -0.2) is 4.98 Å². The molecule has 0 saturated heterocycles. The van der Waals surface area contributed by atoms with Gasteiger partial charge < -0.3 is 9.88 Å². The van der Waals surface area contributed by atoms with Gasteiger partial charge in [0, 0.05) is 12.6 Å². The Morgan fingerprint density at radius 3 is 2.63 bits per heavy atom. The second kappa shape index (κ2) is 7.09. The first-order valence-corrected chi connectivity index (χ1v) is 10.2. The number of H-pyrrole nitrogens is 1. The molecule has 1 amide bonds. The minimum atomic E-state index is -0.165. The summed E-state index contributed by atoms with van der Waals surface area (Å²) in [6.45, 7) is 2.28. The molecule has 0 atom stereocenters. The first-order chi connectivity index (χ1) is 13.0. The van der Waals surface area contributed by atoms with E-state index in [0.717, 1.165) is 11.1 Å². The van der Waals surface area contributed by atoms with Crippen molar-refractivity contribution >= 4 is 38.8 Å². The number of aromatic amines is 1. The Bertz CT molecular complexity index is 1170. The van der Waals surface area contributed by atoms with Crippen molar-refractivity contribution in [3.05, 3.63) is 73.8 Å². The van der Waals surface area contributed by atoms with Crippen molar-refractivity contribution in [3.63, 3.8) is 0 Å². The molecule has 1 N–H and O–H groups in total. The number of nitrogens with one attached hydrogen (secondary N) is 1. The lowest BCUT2D eigenvalue weighted by Gasteiger charge is -2.17. The number of aryl methyl sites for hydroxylation is 1. The maximum Gasteiger partial charge on any atom is 0.268 e. The molecule has 3 heterocycles. The van der Waals surface area contributed by atoms with Crippen LogP contribution in [0.1, 0.15) is 21.1 Å². The highest BCUT2D eigenvalue weighted by molar-refractivity contribution is 7.17. The van der Waals surface area contributed by atoms with Gasteiger partial charge in [0.05, 0.1) is 16.9 Å². The van der Waals surface area contributed by atoms with Gasteiger partial charge in [-0.3, -0.25) is 9.59 Å². The lowest BCUT2D eigenvalue weighted by Crippen LogP contribution is -2.28. The van der Waals surface area contributed by atoms with Gasteiger partial charge in [0.25, 0.3) is 11.5 Å². The second-order valence-electron chi connectivity index (χ2n) is 6.34. The number of nitrogens with zero attached hydrogens (tertiary/aromatic N) is 2. The van der Waals surface area contributed by atoms with E-state index >= 15 is 0 Å². The fourth-order valence-corrected chi connectivity index (χ4v) is 4.54. The predicted octanol–water partition coefficient (Wildman–Crippen LogP) is 4.29. The van der Waals surface area contributed by atoms with Crippen LogP contribution in [-0.4, -0.2) is 27.8 Å². The molecule has 0 aliphatic rings. The molecule has 136 valence electrons. The van der Waals surface area contributed by atoms with Gasteiger partial charge in [-0.15, -0.1) is 22.7 Å². The van der Waals surface area contributed by atoms with Crippen molar-refractivity contribution in [2.75, 3.05) is 7.05 Å². The minimum absolute atomic E-state index is 0.0892. The van der Waals surface area contributed by atoms with E-state index < -0.39 is 0 Å². The zero-order chi connectivity index (χ0) is 19.0. The van der Waals surface area contributed by atoms with E-state index in [-0.39, 0.29) is 18.0 Å². The normalized spacial score (nSPS) is 11.0. The van der Waals surface area contributed by atoms with Gasteiger partial charge in [-0.05, 0) is 35.4 Å². The van der Waals surface area contributed by atoms with Crippen LogP contribution >= 0.6 is 22.7 Å². The number of thiophene rings is 2. The number of amides is 1. The Morgan fingerprint density at radius 2 is 1.85 bits per heavy atom. The average molecular weight is 396 g/mol. The van der Waals surface area contributed by atoms with Crippen molar-refractivity contribution in [3.8, 4) is 11.1 Å². The molecule has 0 saturated carbocycles. The Morgan fingerprint density at radius 1 is 1.11 bits per heavy atom. The van der Waals surface area contributed by atoms with Crippen molar-refractivity contribution in [1.29, 1.82) is 0 Å². The quantitative estimate of drug-likeness (QED) is 0.560. The molecular weight excluding hydrogens is 378 g/mol. The molecule has 0 aliphatic carbocycles. The number of carbonyl (C=O) groups is 1. The molecular formula is C20H17N3O2S2. The van der Waals surface area contributed by atoms with Crippen molar-refractivity contribution < 1.29 is 4.79 Å². The molecule has 4 rings (SSSR count). The van der Waals surface area contributed by atoms with Crippen LogP contribution < -0.4 is 5.56 Å². The monoisotopic (exact) mass is 395 g/mol. The zero-order valence-corrected chi connectivity index (χ0v) is 16.5. The third kappa shape index (κ3) is 3.43. The molecule has 0 spiro atoms. The van der Waals surface area contributed by atoms with Gasteiger partial charge in [-0.2, -0.15) is 0 Å². The Labute approximate surface area is 163 Å².